The molecule has 0 aliphatic rings. The first kappa shape index (κ1) is 11.6. The SMILES string of the molecule is CCC(N)CO.OCO. The van der Waals surface area contributed by atoms with E-state index in [-0.39, 0.29) is 12.6 Å². The molecule has 0 aliphatic heterocycles. The highest BCUT2D eigenvalue weighted by Gasteiger charge is 1.90. The predicted octanol–water partition coefficient (Wildman–Crippen LogP) is -1.36. The highest BCUT2D eigenvalue weighted by molar-refractivity contribution is 4.51. The number of nitrogens with two attached hydrogens (primary N) is 1. The van der Waals surface area contributed by atoms with Crippen molar-refractivity contribution >= 4 is 0 Å². The maximum Gasteiger partial charge on any atom is 0.140 e. The van der Waals surface area contributed by atoms with Gasteiger partial charge in [0.05, 0.1) is 6.61 Å². The van der Waals surface area contributed by atoms with E-state index in [9.17, 15) is 0 Å². The van der Waals surface area contributed by atoms with E-state index in [1.54, 1.807) is 0 Å². The minimum Gasteiger partial charge on any atom is -0.395 e. The van der Waals surface area contributed by atoms with Gasteiger partial charge in [-0.1, -0.05) is 6.92 Å². The molecule has 5 N–H and O–H groups in total. The summed E-state index contributed by atoms with van der Waals surface area (Å²) in [6.07, 6.45) is 0.858. The molecule has 0 amide bonds. The molecule has 0 aromatic carbocycles. The standard InChI is InChI=1S/C4H11NO.CH4O2/c1-2-4(5)3-6;2-1-3/h4,6H,2-3,5H2,1H3;2-3H,1H2. The van der Waals surface area contributed by atoms with Gasteiger partial charge in [-0.25, -0.2) is 0 Å². The van der Waals surface area contributed by atoms with Crippen molar-refractivity contribution in [1.29, 1.82) is 0 Å². The Morgan fingerprint density at radius 1 is 1.33 bits per heavy atom. The molecule has 0 aromatic heterocycles. The van der Waals surface area contributed by atoms with Crippen LogP contribution in [-0.4, -0.2) is 34.8 Å². The molecule has 1 unspecified atom stereocenters. The largest absolute Gasteiger partial charge is 0.395 e. The zero-order valence-electron chi connectivity index (χ0n) is 5.62. The summed E-state index contributed by atoms with van der Waals surface area (Å²) in [5.41, 5.74) is 5.22. The fourth-order valence-electron chi connectivity index (χ4n) is 0.129. The minimum absolute atomic E-state index is 0.00926. The number of rotatable bonds is 2. The molecule has 58 valence electrons. The van der Waals surface area contributed by atoms with Crippen molar-refractivity contribution in [2.75, 3.05) is 13.4 Å². The lowest BCUT2D eigenvalue weighted by Crippen LogP contribution is -2.22. The second-order valence-corrected chi connectivity index (χ2v) is 1.49. The summed E-state index contributed by atoms with van der Waals surface area (Å²) >= 11 is 0. The van der Waals surface area contributed by atoms with E-state index in [0.29, 0.717) is 0 Å². The molecule has 4 nitrogen and oxygen atoms in total. The van der Waals surface area contributed by atoms with Crippen molar-refractivity contribution in [3.8, 4) is 0 Å². The molecular weight excluding hydrogens is 122 g/mol. The summed E-state index contributed by atoms with van der Waals surface area (Å²) in [6, 6.07) is -0.00926. The molecule has 0 aromatic rings. The third-order valence-electron chi connectivity index (χ3n) is 0.759. The first-order chi connectivity index (χ1) is 4.22. The van der Waals surface area contributed by atoms with Crippen molar-refractivity contribution in [1.82, 2.24) is 0 Å². The highest BCUT2D eigenvalue weighted by Crippen LogP contribution is 1.79. The first-order valence-corrected chi connectivity index (χ1v) is 2.81. The lowest BCUT2D eigenvalue weighted by Gasteiger charge is -1.98. The van der Waals surface area contributed by atoms with Gasteiger partial charge in [0.15, 0.2) is 0 Å². The van der Waals surface area contributed by atoms with E-state index in [0.717, 1.165) is 6.42 Å². The monoisotopic (exact) mass is 137 g/mol. The number of aliphatic hydroxyl groups is 3. The van der Waals surface area contributed by atoms with Crippen LogP contribution in [0.5, 0.6) is 0 Å². The summed E-state index contributed by atoms with van der Waals surface area (Å²) in [5.74, 6) is 0. The van der Waals surface area contributed by atoms with Gasteiger partial charge in [-0.3, -0.25) is 0 Å². The second kappa shape index (κ2) is 10.8. The second-order valence-electron chi connectivity index (χ2n) is 1.49. The smallest absolute Gasteiger partial charge is 0.140 e. The summed E-state index contributed by atoms with van der Waals surface area (Å²) in [4.78, 5) is 0. The van der Waals surface area contributed by atoms with Gasteiger partial charge in [-0.15, -0.1) is 0 Å². The summed E-state index contributed by atoms with van der Waals surface area (Å²) in [5, 5.41) is 22.5. The van der Waals surface area contributed by atoms with Crippen LogP contribution < -0.4 is 5.73 Å². The number of hydrogen-bond donors (Lipinski definition) is 4. The van der Waals surface area contributed by atoms with Gasteiger partial charge in [0.2, 0.25) is 0 Å². The third-order valence-corrected chi connectivity index (χ3v) is 0.759. The molecule has 0 rings (SSSR count). The van der Waals surface area contributed by atoms with E-state index < -0.39 is 6.79 Å². The Morgan fingerprint density at radius 2 is 1.67 bits per heavy atom. The zero-order chi connectivity index (χ0) is 7.70. The molecule has 4 heteroatoms. The molecule has 0 fully saturated rings. The zero-order valence-corrected chi connectivity index (χ0v) is 5.62. The van der Waals surface area contributed by atoms with Gasteiger partial charge in [-0.05, 0) is 6.42 Å². The first-order valence-electron chi connectivity index (χ1n) is 2.81. The van der Waals surface area contributed by atoms with Crippen LogP contribution in [0.1, 0.15) is 13.3 Å². The van der Waals surface area contributed by atoms with Crippen molar-refractivity contribution < 1.29 is 15.3 Å². The maximum atomic E-state index is 8.21. The Bertz CT molecular complexity index is 39.2. The van der Waals surface area contributed by atoms with Gasteiger partial charge in [0.25, 0.3) is 0 Å². The summed E-state index contributed by atoms with van der Waals surface area (Å²) < 4.78 is 0. The van der Waals surface area contributed by atoms with Crippen molar-refractivity contribution in [2.24, 2.45) is 5.73 Å². The molecule has 0 spiro atoms. The van der Waals surface area contributed by atoms with Crippen molar-refractivity contribution in [3.63, 3.8) is 0 Å². The van der Waals surface area contributed by atoms with E-state index in [4.69, 9.17) is 21.1 Å². The van der Waals surface area contributed by atoms with Crippen LogP contribution in [0.25, 0.3) is 0 Å². The molecule has 0 aliphatic carbocycles. The molecule has 0 saturated heterocycles. The van der Waals surface area contributed by atoms with Crippen LogP contribution >= 0.6 is 0 Å². The molecule has 0 radical (unpaired) electrons. The Kier molecular flexibility index (Phi) is 13.9. The van der Waals surface area contributed by atoms with Gasteiger partial charge >= 0.3 is 0 Å². The predicted molar refractivity (Wildman–Crippen MR) is 34.7 cm³/mol. The molecular formula is C5H15NO3. The summed E-state index contributed by atoms with van der Waals surface area (Å²) in [6.45, 7) is 1.30. The van der Waals surface area contributed by atoms with Crippen LogP contribution in [0.15, 0.2) is 0 Å². The number of hydrogen-bond acceptors (Lipinski definition) is 4. The quantitative estimate of drug-likeness (QED) is 0.354. The average Bonchev–Trinajstić information content (AvgIpc) is 1.88. The van der Waals surface area contributed by atoms with E-state index in [1.165, 1.54) is 0 Å². The van der Waals surface area contributed by atoms with Crippen LogP contribution in [0.4, 0.5) is 0 Å². The van der Waals surface area contributed by atoms with E-state index in [2.05, 4.69) is 0 Å². The Hall–Kier alpha value is -0.160. The summed E-state index contributed by atoms with van der Waals surface area (Å²) in [7, 11) is 0. The third kappa shape index (κ3) is 18.1. The Labute approximate surface area is 54.9 Å². The van der Waals surface area contributed by atoms with E-state index in [1.807, 2.05) is 6.92 Å². The van der Waals surface area contributed by atoms with Crippen LogP contribution in [-0.2, 0) is 0 Å². The Morgan fingerprint density at radius 3 is 1.67 bits per heavy atom. The molecule has 0 bridgehead atoms. The topological polar surface area (TPSA) is 86.7 Å². The molecule has 0 saturated carbocycles. The average molecular weight is 137 g/mol. The van der Waals surface area contributed by atoms with Crippen molar-refractivity contribution in [2.45, 2.75) is 19.4 Å². The van der Waals surface area contributed by atoms with Crippen LogP contribution in [0.3, 0.4) is 0 Å². The lowest BCUT2D eigenvalue weighted by atomic mass is 10.3. The van der Waals surface area contributed by atoms with Crippen LogP contribution in [0, 0.1) is 0 Å². The minimum atomic E-state index is -0.750. The van der Waals surface area contributed by atoms with Gasteiger partial charge in [0, 0.05) is 6.04 Å². The fraction of sp³-hybridized carbons (Fsp3) is 1.00. The molecule has 1 atom stereocenters. The lowest BCUT2D eigenvalue weighted by molar-refractivity contribution is 0.0773. The highest BCUT2D eigenvalue weighted by atomic mass is 16.5. The van der Waals surface area contributed by atoms with Gasteiger partial charge in [0.1, 0.15) is 6.79 Å². The maximum absolute atomic E-state index is 8.21. The van der Waals surface area contributed by atoms with E-state index >= 15 is 0 Å². The molecule has 0 heterocycles. The fourth-order valence-corrected chi connectivity index (χ4v) is 0.129. The van der Waals surface area contributed by atoms with Gasteiger partial charge < -0.3 is 21.1 Å². The van der Waals surface area contributed by atoms with Crippen molar-refractivity contribution in [3.05, 3.63) is 0 Å². The van der Waals surface area contributed by atoms with Gasteiger partial charge in [-0.2, -0.15) is 0 Å². The normalized spacial score (nSPS) is 11.7. The van der Waals surface area contributed by atoms with Crippen LogP contribution in [0.2, 0.25) is 0 Å². The molecule has 9 heavy (non-hydrogen) atoms. The Balaban J connectivity index is 0. The number of aliphatic hydroxyl groups excluding tert-OH is 2.